The van der Waals surface area contributed by atoms with E-state index in [2.05, 4.69) is 25.1 Å². The molecule has 2 aromatic rings. The number of nitrogens with zero attached hydrogens (tertiary/aromatic N) is 4. The van der Waals surface area contributed by atoms with Crippen LogP contribution in [0.15, 0.2) is 18.5 Å². The molecular formula is C30H46N7O9P. The molecule has 17 heteroatoms. The molecule has 16 nitrogen and oxygen atoms in total. The molecule has 2 aromatic heterocycles. The highest BCUT2D eigenvalue weighted by Crippen LogP contribution is 2.46. The summed E-state index contributed by atoms with van der Waals surface area (Å²) in [6.07, 6.45) is 2.26. The number of hydrogen-bond donors (Lipinski definition) is 5. The lowest BCUT2D eigenvalue weighted by molar-refractivity contribution is -0.152. The summed E-state index contributed by atoms with van der Waals surface area (Å²) in [5.74, 6) is -1.04. The monoisotopic (exact) mass is 679 g/mol. The highest BCUT2D eigenvalue weighted by molar-refractivity contribution is 7.54. The number of carbonyl (C=O) groups excluding carboxylic acids is 2. The molecule has 0 aromatic carbocycles. The molecule has 2 aliphatic rings. The lowest BCUT2D eigenvalue weighted by atomic mass is 9.98. The summed E-state index contributed by atoms with van der Waals surface area (Å²) < 4.78 is 38.4. The van der Waals surface area contributed by atoms with E-state index in [1.807, 2.05) is 13.8 Å². The number of nitrogens with one attached hydrogen (secondary N) is 2. The first-order chi connectivity index (χ1) is 22.4. The van der Waals surface area contributed by atoms with Gasteiger partial charge in [-0.3, -0.25) is 28.3 Å². The number of fused-ring (bicyclic) bond motifs is 1. The van der Waals surface area contributed by atoms with E-state index in [-0.39, 0.29) is 30.1 Å². The molecule has 3 heterocycles. The molecular weight excluding hydrogens is 633 g/mol. The molecule has 1 saturated heterocycles. The van der Waals surface area contributed by atoms with E-state index in [0.29, 0.717) is 5.52 Å². The van der Waals surface area contributed by atoms with Gasteiger partial charge in [-0.25, -0.2) is 26.2 Å². The molecule has 1 unspecified atom stereocenters. The predicted octanol–water partition coefficient (Wildman–Crippen LogP) is 2.66. The van der Waals surface area contributed by atoms with Crippen molar-refractivity contribution in [3.8, 4) is 0 Å². The minimum atomic E-state index is -4.39. The second-order valence-corrected chi connectivity index (χ2v) is 14.0. The Bertz CT molecular complexity index is 1480. The second-order valence-electron chi connectivity index (χ2n) is 12.2. The summed E-state index contributed by atoms with van der Waals surface area (Å²) in [5, 5.41) is 31.4. The normalized spacial score (nSPS) is 26.0. The number of hydrogen-bond acceptors (Lipinski definition) is 12. The van der Waals surface area contributed by atoms with Gasteiger partial charge in [0, 0.05) is 0 Å². The maximum absolute atomic E-state index is 14.3. The van der Waals surface area contributed by atoms with Gasteiger partial charge in [-0.1, -0.05) is 33.1 Å². The van der Waals surface area contributed by atoms with Crippen LogP contribution in [0.2, 0.25) is 0 Å². The van der Waals surface area contributed by atoms with E-state index in [1.54, 1.807) is 12.1 Å². The molecule has 1 aliphatic carbocycles. The number of aliphatic hydroxyl groups excluding tert-OH is 2. The third kappa shape index (κ3) is 8.47. The zero-order chi connectivity index (χ0) is 34.4. The fourth-order valence-electron chi connectivity index (χ4n) is 5.67. The fourth-order valence-corrected chi connectivity index (χ4v) is 7.49. The Morgan fingerprint density at radius 1 is 1.17 bits per heavy atom. The summed E-state index contributed by atoms with van der Waals surface area (Å²) in [4.78, 5) is 33.2. The molecule has 7 atom stereocenters. The highest BCUT2D eigenvalue weighted by Gasteiger charge is 2.62. The number of esters is 2. The van der Waals surface area contributed by atoms with E-state index in [1.165, 1.54) is 24.7 Å². The van der Waals surface area contributed by atoms with E-state index < -0.39 is 62.3 Å². The average Bonchev–Trinajstić information content (AvgIpc) is 3.60. The fraction of sp³-hybridized carbons (Fsp3) is 0.700. The summed E-state index contributed by atoms with van der Waals surface area (Å²) >= 11 is 0. The van der Waals surface area contributed by atoms with Gasteiger partial charge in [0.25, 0.3) is 0 Å². The average molecular weight is 680 g/mol. The van der Waals surface area contributed by atoms with Crippen molar-refractivity contribution in [2.24, 2.45) is 5.92 Å². The van der Waals surface area contributed by atoms with Crippen molar-refractivity contribution in [3.05, 3.63) is 35.6 Å². The van der Waals surface area contributed by atoms with Crippen molar-refractivity contribution in [1.29, 1.82) is 0 Å². The van der Waals surface area contributed by atoms with Gasteiger partial charge in [0.1, 0.15) is 42.2 Å². The summed E-state index contributed by atoms with van der Waals surface area (Å²) in [7, 11) is -4.39. The molecule has 1 saturated carbocycles. The number of aromatic nitrogens is 3. The number of ether oxygens (including phenoxy) is 3. The highest BCUT2D eigenvalue weighted by atomic mass is 31.2. The first kappa shape index (κ1) is 36.7. The van der Waals surface area contributed by atoms with Crippen LogP contribution in [0, 0.1) is 12.5 Å². The van der Waals surface area contributed by atoms with Gasteiger partial charge in [-0.2, -0.15) is 5.10 Å². The summed E-state index contributed by atoms with van der Waals surface area (Å²) in [5.41, 5.74) is 4.38. The molecule has 0 spiro atoms. The van der Waals surface area contributed by atoms with Crippen LogP contribution in [0.25, 0.3) is 10.4 Å². The van der Waals surface area contributed by atoms with Crippen LogP contribution in [-0.2, 0) is 32.9 Å². The lowest BCUT2D eigenvalue weighted by Crippen LogP contribution is -2.47. The van der Waals surface area contributed by atoms with Crippen LogP contribution >= 0.6 is 7.67 Å². The zero-order valence-corrected chi connectivity index (χ0v) is 28.1. The molecule has 0 bridgehead atoms. The number of nitrogens with two attached hydrogens (primary N) is 1. The van der Waals surface area contributed by atoms with Crippen molar-refractivity contribution < 1.29 is 43.1 Å². The predicted molar refractivity (Wildman–Crippen MR) is 169 cm³/mol. The molecule has 1 aliphatic heterocycles. The van der Waals surface area contributed by atoms with Crippen LogP contribution in [0.4, 0.5) is 5.82 Å². The zero-order valence-electron chi connectivity index (χ0n) is 27.2. The van der Waals surface area contributed by atoms with Crippen molar-refractivity contribution in [2.45, 2.75) is 115 Å². The maximum Gasteiger partial charge on any atom is 0.390 e. The van der Waals surface area contributed by atoms with Gasteiger partial charge in [0.2, 0.25) is 0 Å². The van der Waals surface area contributed by atoms with Gasteiger partial charge >= 0.3 is 25.3 Å². The van der Waals surface area contributed by atoms with E-state index in [4.69, 9.17) is 31.0 Å². The molecule has 47 heavy (non-hydrogen) atoms. The number of rotatable bonds is 15. The number of aliphatic hydroxyl groups is 2. The van der Waals surface area contributed by atoms with Crippen molar-refractivity contribution in [3.63, 3.8) is 0 Å². The Labute approximate surface area is 274 Å². The topological polar surface area (TPSA) is 213 Å². The largest absolute Gasteiger partial charge is 0.464 e. The van der Waals surface area contributed by atoms with Crippen molar-refractivity contribution in [1.82, 2.24) is 24.8 Å². The van der Waals surface area contributed by atoms with E-state index in [9.17, 15) is 24.4 Å². The molecule has 2 fully saturated rings. The molecule has 0 radical (unpaired) electrons. The Kier molecular flexibility index (Phi) is 12.3. The third-order valence-electron chi connectivity index (χ3n) is 8.76. The van der Waals surface area contributed by atoms with Crippen LogP contribution in [0.3, 0.4) is 0 Å². The Morgan fingerprint density at radius 3 is 2.47 bits per heavy atom. The first-order valence-corrected chi connectivity index (χ1v) is 17.7. The molecule has 260 valence electrons. The minimum Gasteiger partial charge on any atom is -0.464 e. The van der Waals surface area contributed by atoms with Crippen LogP contribution < -0.4 is 15.9 Å². The molecule has 0 amide bonds. The van der Waals surface area contributed by atoms with Gasteiger partial charge in [0.15, 0.2) is 18.5 Å². The SMILES string of the molecule is [C-]#[N+][C@]1(COP(=O)(N[C@@H](C)C(=O)OCC(CC)CC)N[C@@H](C)C(=O)OC2CCCCC2)O[C@@H](c2ccc3c(N)ncnn23)[C@H](O)[C@@H]1O. The standard InChI is InChI=1S/C30H46N7O9P/c1-6-20(7-2)15-43-28(40)18(3)35-47(42,36-19(4)29(41)45-21-11-9-8-10-12-21)44-16-30(32-5)26(39)24(38)25(46-30)22-13-14-23-27(31)33-17-34-37(22)23/h13-14,17-21,24-26,38-39H,6-12,15-16H2,1-4H3,(H2,31,33,34)(H2,35,36,42)/t18-,19-,24-,25-,26-,30+,47?/m0/s1. The Morgan fingerprint density at radius 2 is 1.83 bits per heavy atom. The van der Waals surface area contributed by atoms with Gasteiger partial charge in [-0.05, 0) is 57.6 Å². The Balaban J connectivity index is 1.53. The minimum absolute atomic E-state index is 0.154. The quantitative estimate of drug-likeness (QED) is 0.104. The van der Waals surface area contributed by atoms with Gasteiger partial charge in [0.05, 0.1) is 12.3 Å². The third-order valence-corrected chi connectivity index (χ3v) is 10.7. The van der Waals surface area contributed by atoms with Crippen LogP contribution in [0.5, 0.6) is 0 Å². The number of nitrogen functional groups attached to an aromatic ring is 1. The molecule has 6 N–H and O–H groups in total. The lowest BCUT2D eigenvalue weighted by Gasteiger charge is -2.29. The van der Waals surface area contributed by atoms with Crippen LogP contribution in [0.1, 0.15) is 84.4 Å². The number of carbonyl (C=O) groups is 2. The smallest absolute Gasteiger partial charge is 0.390 e. The molecule has 4 rings (SSSR count). The van der Waals surface area contributed by atoms with Crippen LogP contribution in [-0.4, -0.2) is 86.1 Å². The first-order valence-electron chi connectivity index (χ1n) is 16.0. The maximum atomic E-state index is 14.3. The van der Waals surface area contributed by atoms with Crippen molar-refractivity contribution >= 4 is 30.9 Å². The summed E-state index contributed by atoms with van der Waals surface area (Å²) in [6.45, 7) is 14.1. The van der Waals surface area contributed by atoms with Gasteiger partial charge < -0.3 is 25.4 Å². The van der Waals surface area contributed by atoms with E-state index >= 15 is 0 Å². The van der Waals surface area contributed by atoms with Gasteiger partial charge in [-0.15, -0.1) is 0 Å². The second kappa shape index (κ2) is 15.8. The Hall–Kier alpha value is -3.16. The summed E-state index contributed by atoms with van der Waals surface area (Å²) in [6, 6.07) is 0.834. The number of anilines is 1. The van der Waals surface area contributed by atoms with Crippen molar-refractivity contribution in [2.75, 3.05) is 18.9 Å². The van der Waals surface area contributed by atoms with E-state index in [0.717, 1.165) is 44.9 Å².